The molecule has 0 radical (unpaired) electrons. The van der Waals surface area contributed by atoms with Crippen molar-refractivity contribution in [3.05, 3.63) is 20.8 Å². The molecule has 84 valence electrons. The topological polar surface area (TPSA) is 26.0 Å². The zero-order valence-corrected chi connectivity index (χ0v) is 11.5. The molecule has 15 heavy (non-hydrogen) atoms. The van der Waals surface area contributed by atoms with Crippen LogP contribution in [0.15, 0.2) is 15.9 Å². The average molecular weight is 288 g/mol. The summed E-state index contributed by atoms with van der Waals surface area (Å²) in [6.07, 6.45) is 5.11. The van der Waals surface area contributed by atoms with Crippen molar-refractivity contribution in [3.63, 3.8) is 0 Å². The van der Waals surface area contributed by atoms with Crippen LogP contribution in [0.2, 0.25) is 0 Å². The molecule has 2 rings (SSSR count). The van der Waals surface area contributed by atoms with E-state index in [1.165, 1.54) is 28.6 Å². The summed E-state index contributed by atoms with van der Waals surface area (Å²) >= 11 is 5.30. The van der Waals surface area contributed by atoms with Crippen LogP contribution in [0.5, 0.6) is 0 Å². The van der Waals surface area contributed by atoms with Gasteiger partial charge in [-0.05, 0) is 46.7 Å². The van der Waals surface area contributed by atoms with Crippen molar-refractivity contribution < 1.29 is 0 Å². The molecule has 1 saturated carbocycles. The van der Waals surface area contributed by atoms with E-state index in [0.29, 0.717) is 6.04 Å². The van der Waals surface area contributed by atoms with Crippen molar-refractivity contribution in [1.29, 1.82) is 0 Å². The molecular formula is C12H18BrNS. The Kier molecular flexibility index (Phi) is 3.86. The van der Waals surface area contributed by atoms with Gasteiger partial charge in [0, 0.05) is 20.8 Å². The van der Waals surface area contributed by atoms with E-state index in [4.69, 9.17) is 5.73 Å². The van der Waals surface area contributed by atoms with Gasteiger partial charge in [-0.15, -0.1) is 11.3 Å². The minimum absolute atomic E-state index is 0.355. The van der Waals surface area contributed by atoms with E-state index in [2.05, 4.69) is 34.3 Å². The maximum absolute atomic E-state index is 6.30. The lowest BCUT2D eigenvalue weighted by Crippen LogP contribution is -2.33. The largest absolute Gasteiger partial charge is 0.327 e. The minimum atomic E-state index is 0.355. The molecule has 2 N–H and O–H groups in total. The summed E-state index contributed by atoms with van der Waals surface area (Å²) in [5.74, 6) is 1.56. The number of halogens is 1. The van der Waals surface area contributed by atoms with Gasteiger partial charge in [-0.2, -0.15) is 0 Å². The second-order valence-corrected chi connectivity index (χ2v) is 6.58. The van der Waals surface area contributed by atoms with E-state index in [9.17, 15) is 0 Å². The molecular weight excluding hydrogens is 270 g/mol. The standard InChI is InChI=1S/C12H18BrNS/c1-8-3-2-4-11(8)12(14)6-10-5-9(13)7-15-10/h5,7-8,11-12H,2-4,6,14H2,1H3. The number of thiophene rings is 1. The smallest absolute Gasteiger partial charge is 0.0285 e. The number of nitrogens with two attached hydrogens (primary N) is 1. The Labute approximate surface area is 104 Å². The van der Waals surface area contributed by atoms with E-state index in [1.54, 1.807) is 0 Å². The van der Waals surface area contributed by atoms with E-state index in [-0.39, 0.29) is 0 Å². The summed E-state index contributed by atoms with van der Waals surface area (Å²) < 4.78 is 1.19. The second kappa shape index (κ2) is 4.98. The molecule has 1 heterocycles. The van der Waals surface area contributed by atoms with Crippen LogP contribution in [0.25, 0.3) is 0 Å². The van der Waals surface area contributed by atoms with Gasteiger partial charge in [0.1, 0.15) is 0 Å². The highest BCUT2D eigenvalue weighted by Gasteiger charge is 2.28. The van der Waals surface area contributed by atoms with E-state index in [0.717, 1.165) is 18.3 Å². The first-order valence-corrected chi connectivity index (χ1v) is 7.32. The van der Waals surface area contributed by atoms with E-state index >= 15 is 0 Å². The van der Waals surface area contributed by atoms with Gasteiger partial charge in [-0.1, -0.05) is 19.8 Å². The third-order valence-corrected chi connectivity index (χ3v) is 5.26. The van der Waals surface area contributed by atoms with Gasteiger partial charge in [-0.25, -0.2) is 0 Å². The van der Waals surface area contributed by atoms with Gasteiger partial charge >= 0.3 is 0 Å². The molecule has 3 heteroatoms. The summed E-state index contributed by atoms with van der Waals surface area (Å²) in [4.78, 5) is 1.41. The van der Waals surface area contributed by atoms with Crippen molar-refractivity contribution in [3.8, 4) is 0 Å². The molecule has 0 aliphatic heterocycles. The Balaban J connectivity index is 1.94. The Morgan fingerprint density at radius 2 is 2.40 bits per heavy atom. The van der Waals surface area contributed by atoms with Gasteiger partial charge in [-0.3, -0.25) is 0 Å². The summed E-state index contributed by atoms with van der Waals surface area (Å²) in [7, 11) is 0. The highest BCUT2D eigenvalue weighted by Crippen LogP contribution is 2.34. The molecule has 0 spiro atoms. The van der Waals surface area contributed by atoms with Crippen LogP contribution in [0, 0.1) is 11.8 Å². The molecule has 1 aliphatic rings. The molecule has 1 aromatic rings. The second-order valence-electron chi connectivity index (χ2n) is 4.67. The summed E-state index contributed by atoms with van der Waals surface area (Å²) in [5.41, 5.74) is 6.30. The quantitative estimate of drug-likeness (QED) is 0.899. The third-order valence-electron chi connectivity index (χ3n) is 3.54. The maximum Gasteiger partial charge on any atom is 0.0285 e. The van der Waals surface area contributed by atoms with Gasteiger partial charge in [0.15, 0.2) is 0 Å². The van der Waals surface area contributed by atoms with Crippen LogP contribution in [0.1, 0.15) is 31.1 Å². The maximum atomic E-state index is 6.30. The lowest BCUT2D eigenvalue weighted by Gasteiger charge is -2.22. The SMILES string of the molecule is CC1CCCC1C(N)Cc1cc(Br)cs1. The first-order valence-electron chi connectivity index (χ1n) is 5.65. The molecule has 1 aliphatic carbocycles. The third kappa shape index (κ3) is 2.83. The highest BCUT2D eigenvalue weighted by atomic mass is 79.9. The Morgan fingerprint density at radius 1 is 1.60 bits per heavy atom. The molecule has 0 amide bonds. The van der Waals surface area contributed by atoms with Gasteiger partial charge < -0.3 is 5.73 Å². The Morgan fingerprint density at radius 3 is 2.93 bits per heavy atom. The fourth-order valence-corrected chi connectivity index (χ4v) is 4.18. The zero-order chi connectivity index (χ0) is 10.8. The van der Waals surface area contributed by atoms with Crippen molar-refractivity contribution in [2.45, 2.75) is 38.6 Å². The van der Waals surface area contributed by atoms with Crippen molar-refractivity contribution in [1.82, 2.24) is 0 Å². The lowest BCUT2D eigenvalue weighted by molar-refractivity contribution is 0.344. The summed E-state index contributed by atoms with van der Waals surface area (Å²) in [6.45, 7) is 2.35. The zero-order valence-electron chi connectivity index (χ0n) is 9.08. The van der Waals surface area contributed by atoms with Gasteiger partial charge in [0.2, 0.25) is 0 Å². The highest BCUT2D eigenvalue weighted by molar-refractivity contribution is 9.10. The van der Waals surface area contributed by atoms with Crippen molar-refractivity contribution in [2.75, 3.05) is 0 Å². The number of rotatable bonds is 3. The van der Waals surface area contributed by atoms with E-state index < -0.39 is 0 Å². The lowest BCUT2D eigenvalue weighted by atomic mass is 9.89. The molecule has 3 atom stereocenters. The van der Waals surface area contributed by atoms with E-state index in [1.807, 2.05) is 11.3 Å². The Hall–Kier alpha value is 0.140. The van der Waals surface area contributed by atoms with Crippen LogP contribution < -0.4 is 5.73 Å². The minimum Gasteiger partial charge on any atom is -0.327 e. The number of hydrogen-bond acceptors (Lipinski definition) is 2. The summed E-state index contributed by atoms with van der Waals surface area (Å²) in [6, 6.07) is 2.55. The van der Waals surface area contributed by atoms with Crippen LogP contribution in [-0.2, 0) is 6.42 Å². The molecule has 1 fully saturated rings. The predicted octanol–water partition coefficient (Wildman–Crippen LogP) is 3.82. The molecule has 1 aromatic heterocycles. The predicted molar refractivity (Wildman–Crippen MR) is 70.2 cm³/mol. The molecule has 0 saturated heterocycles. The van der Waals surface area contributed by atoms with Gasteiger partial charge in [0.05, 0.1) is 0 Å². The van der Waals surface area contributed by atoms with Crippen LogP contribution in [-0.4, -0.2) is 6.04 Å². The van der Waals surface area contributed by atoms with Crippen LogP contribution >= 0.6 is 27.3 Å². The Bertz CT molecular complexity index is 323. The fourth-order valence-electron chi connectivity index (χ4n) is 2.65. The summed E-state index contributed by atoms with van der Waals surface area (Å²) in [5, 5.41) is 2.14. The van der Waals surface area contributed by atoms with Crippen molar-refractivity contribution >= 4 is 27.3 Å². The molecule has 1 nitrogen and oxygen atoms in total. The first-order chi connectivity index (χ1) is 7.16. The monoisotopic (exact) mass is 287 g/mol. The first kappa shape index (κ1) is 11.6. The van der Waals surface area contributed by atoms with Crippen molar-refractivity contribution in [2.24, 2.45) is 17.6 Å². The normalized spacial score (nSPS) is 28.2. The molecule has 0 aromatic carbocycles. The fraction of sp³-hybridized carbons (Fsp3) is 0.667. The van der Waals surface area contributed by atoms with Crippen LogP contribution in [0.4, 0.5) is 0 Å². The van der Waals surface area contributed by atoms with Crippen LogP contribution in [0.3, 0.4) is 0 Å². The average Bonchev–Trinajstić information content (AvgIpc) is 2.75. The number of hydrogen-bond donors (Lipinski definition) is 1. The molecule has 0 bridgehead atoms. The van der Waals surface area contributed by atoms with Gasteiger partial charge in [0.25, 0.3) is 0 Å². The molecule has 3 unspecified atom stereocenters.